The molecule has 2 aromatic rings. The van der Waals surface area contributed by atoms with Crippen molar-refractivity contribution in [3.8, 4) is 11.3 Å². The van der Waals surface area contributed by atoms with Crippen molar-refractivity contribution in [3.05, 3.63) is 41.0 Å². The molecule has 0 bridgehead atoms. The molecular formula is C16H19Cl2N3O2. The maximum absolute atomic E-state index is 12.5. The fraction of sp³-hybridized carbons (Fsp3) is 0.375. The Morgan fingerprint density at radius 1 is 1.35 bits per heavy atom. The minimum atomic E-state index is -0.0772. The quantitative estimate of drug-likeness (QED) is 0.917. The number of nitrogens with one attached hydrogen (secondary N) is 1. The zero-order valence-electron chi connectivity index (χ0n) is 12.8. The van der Waals surface area contributed by atoms with Gasteiger partial charge in [0.05, 0.1) is 0 Å². The second kappa shape index (κ2) is 7.81. The second-order valence-corrected chi connectivity index (χ2v) is 5.88. The number of amides is 1. The Balaban J connectivity index is 0.00000192. The van der Waals surface area contributed by atoms with Gasteiger partial charge in [-0.1, -0.05) is 28.9 Å². The number of piperidine rings is 1. The van der Waals surface area contributed by atoms with E-state index in [1.807, 2.05) is 24.1 Å². The molecule has 0 spiro atoms. The molecule has 0 saturated carbocycles. The van der Waals surface area contributed by atoms with Crippen LogP contribution < -0.4 is 5.32 Å². The number of carbonyl (C=O) groups excluding carboxylic acids is 1. The first-order valence-electron chi connectivity index (χ1n) is 7.36. The van der Waals surface area contributed by atoms with E-state index in [9.17, 15) is 4.79 Å². The summed E-state index contributed by atoms with van der Waals surface area (Å²) >= 11 is 5.97. The lowest BCUT2D eigenvalue weighted by molar-refractivity contribution is 0.0697. The Bertz CT molecular complexity index is 667. The van der Waals surface area contributed by atoms with Gasteiger partial charge in [0, 0.05) is 35.8 Å². The minimum absolute atomic E-state index is 0. The van der Waals surface area contributed by atoms with Crippen LogP contribution in [-0.2, 0) is 0 Å². The summed E-state index contributed by atoms with van der Waals surface area (Å²) in [4.78, 5) is 14.3. The lowest BCUT2D eigenvalue weighted by Gasteiger charge is -2.31. The molecule has 0 atom stereocenters. The number of likely N-dealkylation sites (tertiary alicyclic amines) is 1. The SMILES string of the molecule is CNC1CCN(C(=O)c2cc(-c3cccc(Cl)c3)on2)CC1.Cl. The Hall–Kier alpha value is -1.56. The number of rotatable bonds is 3. The van der Waals surface area contributed by atoms with E-state index < -0.39 is 0 Å². The molecule has 3 rings (SSSR count). The van der Waals surface area contributed by atoms with Crippen molar-refractivity contribution in [2.24, 2.45) is 0 Å². The maximum atomic E-state index is 12.5. The number of halogens is 2. The molecule has 124 valence electrons. The number of nitrogens with zero attached hydrogens (tertiary/aromatic N) is 2. The normalized spacial score (nSPS) is 15.3. The zero-order valence-corrected chi connectivity index (χ0v) is 14.4. The summed E-state index contributed by atoms with van der Waals surface area (Å²) in [5.74, 6) is 0.475. The third-order valence-electron chi connectivity index (χ3n) is 4.03. The van der Waals surface area contributed by atoms with Crippen LogP contribution in [0.15, 0.2) is 34.9 Å². The lowest BCUT2D eigenvalue weighted by atomic mass is 10.0. The molecular weight excluding hydrogens is 337 g/mol. The van der Waals surface area contributed by atoms with E-state index in [2.05, 4.69) is 10.5 Å². The fourth-order valence-corrected chi connectivity index (χ4v) is 2.88. The Morgan fingerprint density at radius 3 is 2.74 bits per heavy atom. The molecule has 2 heterocycles. The fourth-order valence-electron chi connectivity index (χ4n) is 2.69. The molecule has 1 N–H and O–H groups in total. The molecule has 1 fully saturated rings. The van der Waals surface area contributed by atoms with Gasteiger partial charge in [-0.05, 0) is 32.0 Å². The summed E-state index contributed by atoms with van der Waals surface area (Å²) in [5, 5.41) is 7.78. The Labute approximate surface area is 146 Å². The van der Waals surface area contributed by atoms with Gasteiger partial charge in [0.1, 0.15) is 0 Å². The molecule has 5 nitrogen and oxygen atoms in total. The van der Waals surface area contributed by atoms with Gasteiger partial charge in [0.15, 0.2) is 11.5 Å². The van der Waals surface area contributed by atoms with Crippen LogP contribution in [0.3, 0.4) is 0 Å². The largest absolute Gasteiger partial charge is 0.355 e. The molecule has 7 heteroatoms. The van der Waals surface area contributed by atoms with Crippen LogP contribution in [0.5, 0.6) is 0 Å². The average Bonchev–Trinajstić information content (AvgIpc) is 3.04. The number of aromatic nitrogens is 1. The van der Waals surface area contributed by atoms with Crippen LogP contribution in [0, 0.1) is 0 Å². The topological polar surface area (TPSA) is 58.4 Å². The molecule has 0 radical (unpaired) electrons. The van der Waals surface area contributed by atoms with E-state index >= 15 is 0 Å². The molecule has 1 aliphatic heterocycles. The van der Waals surface area contributed by atoms with E-state index in [-0.39, 0.29) is 18.3 Å². The number of hydrogen-bond donors (Lipinski definition) is 1. The van der Waals surface area contributed by atoms with Crippen molar-refractivity contribution in [2.45, 2.75) is 18.9 Å². The van der Waals surface area contributed by atoms with E-state index in [0.717, 1.165) is 31.5 Å². The Kier molecular flexibility index (Phi) is 6.04. The summed E-state index contributed by atoms with van der Waals surface area (Å²) in [6.07, 6.45) is 1.92. The highest BCUT2D eigenvalue weighted by Gasteiger charge is 2.25. The van der Waals surface area contributed by atoms with Crippen LogP contribution in [-0.4, -0.2) is 42.1 Å². The average molecular weight is 356 g/mol. The third kappa shape index (κ3) is 4.05. The zero-order chi connectivity index (χ0) is 15.5. The first kappa shape index (κ1) is 17.8. The van der Waals surface area contributed by atoms with Crippen LogP contribution >= 0.6 is 24.0 Å². The minimum Gasteiger partial charge on any atom is -0.355 e. The summed E-state index contributed by atoms with van der Waals surface area (Å²) < 4.78 is 5.29. The van der Waals surface area contributed by atoms with Crippen LogP contribution in [0.4, 0.5) is 0 Å². The van der Waals surface area contributed by atoms with Gasteiger partial charge in [0.2, 0.25) is 0 Å². The van der Waals surface area contributed by atoms with Crippen molar-refractivity contribution in [1.82, 2.24) is 15.4 Å². The molecule has 0 aliphatic carbocycles. The molecule has 1 saturated heterocycles. The van der Waals surface area contributed by atoms with Crippen molar-refractivity contribution >= 4 is 29.9 Å². The van der Waals surface area contributed by atoms with Crippen LogP contribution in [0.1, 0.15) is 23.3 Å². The number of hydrogen-bond acceptors (Lipinski definition) is 4. The van der Waals surface area contributed by atoms with E-state index in [0.29, 0.717) is 22.5 Å². The van der Waals surface area contributed by atoms with Gasteiger partial charge in [-0.15, -0.1) is 12.4 Å². The first-order valence-corrected chi connectivity index (χ1v) is 7.74. The van der Waals surface area contributed by atoms with Crippen molar-refractivity contribution < 1.29 is 9.32 Å². The van der Waals surface area contributed by atoms with E-state index in [1.165, 1.54) is 0 Å². The molecule has 23 heavy (non-hydrogen) atoms. The van der Waals surface area contributed by atoms with E-state index in [1.54, 1.807) is 18.2 Å². The van der Waals surface area contributed by atoms with Gasteiger partial charge >= 0.3 is 0 Å². The van der Waals surface area contributed by atoms with Gasteiger partial charge in [-0.2, -0.15) is 0 Å². The highest BCUT2D eigenvalue weighted by molar-refractivity contribution is 6.30. The highest BCUT2D eigenvalue weighted by Crippen LogP contribution is 2.24. The number of benzene rings is 1. The molecule has 1 aromatic carbocycles. The lowest BCUT2D eigenvalue weighted by Crippen LogP contribution is -2.44. The van der Waals surface area contributed by atoms with Gasteiger partial charge in [-0.3, -0.25) is 4.79 Å². The molecule has 1 aliphatic rings. The second-order valence-electron chi connectivity index (χ2n) is 5.44. The van der Waals surface area contributed by atoms with Crippen LogP contribution in [0.2, 0.25) is 5.02 Å². The van der Waals surface area contributed by atoms with Gasteiger partial charge in [-0.25, -0.2) is 0 Å². The monoisotopic (exact) mass is 355 g/mol. The van der Waals surface area contributed by atoms with Gasteiger partial charge < -0.3 is 14.7 Å². The highest BCUT2D eigenvalue weighted by atomic mass is 35.5. The summed E-state index contributed by atoms with van der Waals surface area (Å²) in [5.41, 5.74) is 1.16. The molecule has 1 amide bonds. The predicted octanol–water partition coefficient (Wildman–Crippen LogP) is 3.24. The third-order valence-corrected chi connectivity index (χ3v) is 4.26. The van der Waals surface area contributed by atoms with Crippen molar-refractivity contribution in [3.63, 3.8) is 0 Å². The smallest absolute Gasteiger partial charge is 0.276 e. The van der Waals surface area contributed by atoms with Gasteiger partial charge in [0.25, 0.3) is 5.91 Å². The van der Waals surface area contributed by atoms with Crippen molar-refractivity contribution in [2.75, 3.05) is 20.1 Å². The van der Waals surface area contributed by atoms with Crippen molar-refractivity contribution in [1.29, 1.82) is 0 Å². The predicted molar refractivity (Wildman–Crippen MR) is 92.2 cm³/mol. The summed E-state index contributed by atoms with van der Waals surface area (Å²) in [6, 6.07) is 9.46. The van der Waals surface area contributed by atoms with E-state index in [4.69, 9.17) is 16.1 Å². The standard InChI is InChI=1S/C16H18ClN3O2.ClH/c1-18-13-5-7-20(8-6-13)16(21)14-10-15(22-19-14)11-3-2-4-12(17)9-11;/h2-4,9-10,13,18H,5-8H2,1H3;1H. The Morgan fingerprint density at radius 2 is 2.09 bits per heavy atom. The van der Waals surface area contributed by atoms with Crippen LogP contribution in [0.25, 0.3) is 11.3 Å². The molecule has 1 aromatic heterocycles. The summed E-state index contributed by atoms with van der Waals surface area (Å²) in [6.45, 7) is 1.48. The molecule has 0 unspecified atom stereocenters. The first-order chi connectivity index (χ1) is 10.7. The summed E-state index contributed by atoms with van der Waals surface area (Å²) in [7, 11) is 1.96. The number of carbonyl (C=O) groups is 1. The maximum Gasteiger partial charge on any atom is 0.276 e.